The summed E-state index contributed by atoms with van der Waals surface area (Å²) < 4.78 is 44.4. The number of alkyl halides is 3. The molecule has 29 heavy (non-hydrogen) atoms. The number of amides is 1. The van der Waals surface area contributed by atoms with Crippen molar-refractivity contribution < 1.29 is 22.4 Å². The number of hydrogen-bond donors (Lipinski definition) is 0. The second-order valence-corrected chi connectivity index (χ2v) is 6.99. The molecule has 1 aromatic heterocycles. The minimum Gasteiger partial charge on any atom is -0.441 e. The molecule has 0 radical (unpaired) electrons. The van der Waals surface area contributed by atoms with Crippen molar-refractivity contribution in [2.45, 2.75) is 19.0 Å². The van der Waals surface area contributed by atoms with Crippen molar-refractivity contribution in [1.82, 2.24) is 9.88 Å². The summed E-state index contributed by atoms with van der Waals surface area (Å²) >= 11 is 0. The van der Waals surface area contributed by atoms with Crippen molar-refractivity contribution in [2.24, 2.45) is 0 Å². The molecule has 0 unspecified atom stereocenters. The summed E-state index contributed by atoms with van der Waals surface area (Å²) in [6.45, 7) is 1.94. The fraction of sp³-hybridized carbons (Fsp3) is 0.333. The second-order valence-electron chi connectivity index (χ2n) is 6.99. The van der Waals surface area contributed by atoms with Crippen LogP contribution in [0.25, 0.3) is 11.1 Å². The summed E-state index contributed by atoms with van der Waals surface area (Å²) in [6.07, 6.45) is -3.66. The minimum absolute atomic E-state index is 0.00375. The lowest BCUT2D eigenvalue weighted by molar-refractivity contribution is -0.137. The second kappa shape index (κ2) is 7.77. The SMILES string of the molecule is O=C(CCc1nc2ccccc2o1)N1CCN(c2cccc(C(F)(F)F)c2)CC1. The Morgan fingerprint density at radius 2 is 1.79 bits per heavy atom. The number of aromatic nitrogens is 1. The summed E-state index contributed by atoms with van der Waals surface area (Å²) in [5.41, 5.74) is 1.33. The first-order valence-corrected chi connectivity index (χ1v) is 9.44. The van der Waals surface area contributed by atoms with Gasteiger partial charge in [-0.05, 0) is 30.3 Å². The van der Waals surface area contributed by atoms with E-state index >= 15 is 0 Å². The van der Waals surface area contributed by atoms with Crippen LogP contribution in [0.2, 0.25) is 0 Å². The molecule has 1 amide bonds. The van der Waals surface area contributed by atoms with Crippen LogP contribution in [-0.4, -0.2) is 42.0 Å². The van der Waals surface area contributed by atoms with Gasteiger partial charge in [-0.3, -0.25) is 4.79 Å². The molecule has 1 saturated heterocycles. The third-order valence-electron chi connectivity index (χ3n) is 5.06. The number of nitrogens with zero attached hydrogens (tertiary/aromatic N) is 3. The molecule has 1 fully saturated rings. The molecule has 0 spiro atoms. The highest BCUT2D eigenvalue weighted by Crippen LogP contribution is 2.31. The number of fused-ring (bicyclic) bond motifs is 1. The molecule has 8 heteroatoms. The van der Waals surface area contributed by atoms with E-state index in [0.29, 0.717) is 49.8 Å². The van der Waals surface area contributed by atoms with Crippen molar-refractivity contribution in [3.8, 4) is 0 Å². The largest absolute Gasteiger partial charge is 0.441 e. The third kappa shape index (κ3) is 4.36. The molecule has 3 aromatic rings. The number of oxazole rings is 1. The van der Waals surface area contributed by atoms with Gasteiger partial charge in [-0.25, -0.2) is 4.98 Å². The summed E-state index contributed by atoms with van der Waals surface area (Å²) in [5, 5.41) is 0. The monoisotopic (exact) mass is 403 g/mol. The first-order chi connectivity index (χ1) is 13.9. The molecule has 152 valence electrons. The predicted molar refractivity (Wildman–Crippen MR) is 103 cm³/mol. The van der Waals surface area contributed by atoms with E-state index in [2.05, 4.69) is 4.98 Å². The van der Waals surface area contributed by atoms with E-state index in [1.54, 1.807) is 11.0 Å². The first-order valence-electron chi connectivity index (χ1n) is 9.44. The highest BCUT2D eigenvalue weighted by atomic mass is 19.4. The van der Waals surface area contributed by atoms with Gasteiger partial charge < -0.3 is 14.2 Å². The number of halogens is 3. The van der Waals surface area contributed by atoms with Crippen molar-refractivity contribution in [3.05, 3.63) is 60.0 Å². The van der Waals surface area contributed by atoms with Crippen LogP contribution in [0, 0.1) is 0 Å². The number of aryl methyl sites for hydroxylation is 1. The van der Waals surface area contributed by atoms with Gasteiger partial charge in [0, 0.05) is 44.7 Å². The number of benzene rings is 2. The first kappa shape index (κ1) is 19.3. The molecule has 2 aromatic carbocycles. The molecule has 4 rings (SSSR count). The van der Waals surface area contributed by atoms with E-state index in [1.165, 1.54) is 6.07 Å². The maximum absolute atomic E-state index is 12.9. The lowest BCUT2D eigenvalue weighted by Gasteiger charge is -2.36. The van der Waals surface area contributed by atoms with Gasteiger partial charge in [0.25, 0.3) is 0 Å². The van der Waals surface area contributed by atoms with Crippen molar-refractivity contribution in [2.75, 3.05) is 31.1 Å². The van der Waals surface area contributed by atoms with E-state index in [1.807, 2.05) is 29.2 Å². The fourth-order valence-electron chi connectivity index (χ4n) is 3.49. The summed E-state index contributed by atoms with van der Waals surface area (Å²) in [4.78, 5) is 20.5. The third-order valence-corrected chi connectivity index (χ3v) is 5.06. The average Bonchev–Trinajstić information content (AvgIpc) is 3.15. The minimum atomic E-state index is -4.36. The number of hydrogen-bond acceptors (Lipinski definition) is 4. The highest BCUT2D eigenvalue weighted by Gasteiger charge is 2.31. The van der Waals surface area contributed by atoms with Crippen LogP contribution in [0.1, 0.15) is 17.9 Å². The standard InChI is InChI=1S/C21H20F3N3O2/c22-21(23,24)15-4-3-5-16(14-15)26-10-12-27(13-11-26)20(28)9-8-19-25-17-6-1-2-7-18(17)29-19/h1-7,14H,8-13H2. The molecular weight excluding hydrogens is 383 g/mol. The van der Waals surface area contributed by atoms with Crippen LogP contribution in [0.15, 0.2) is 52.9 Å². The Bertz CT molecular complexity index is 975. The van der Waals surface area contributed by atoms with Gasteiger partial charge in [-0.1, -0.05) is 18.2 Å². The van der Waals surface area contributed by atoms with Crippen molar-refractivity contribution in [1.29, 1.82) is 0 Å². The quantitative estimate of drug-likeness (QED) is 0.657. The lowest BCUT2D eigenvalue weighted by atomic mass is 10.1. The zero-order valence-electron chi connectivity index (χ0n) is 15.7. The van der Waals surface area contributed by atoms with Gasteiger partial charge in [0.05, 0.1) is 5.56 Å². The summed E-state index contributed by atoms with van der Waals surface area (Å²) in [5.74, 6) is 0.526. The Labute approximate surface area is 165 Å². The Hall–Kier alpha value is -3.03. The van der Waals surface area contributed by atoms with Gasteiger partial charge >= 0.3 is 6.18 Å². The molecule has 5 nitrogen and oxygen atoms in total. The van der Waals surface area contributed by atoms with Crippen LogP contribution in [0.4, 0.5) is 18.9 Å². The highest BCUT2D eigenvalue weighted by molar-refractivity contribution is 5.77. The Balaban J connectivity index is 1.31. The van der Waals surface area contributed by atoms with Crippen LogP contribution in [0.5, 0.6) is 0 Å². The number of carbonyl (C=O) groups excluding carboxylic acids is 1. The van der Waals surface area contributed by atoms with E-state index in [-0.39, 0.29) is 12.3 Å². The molecule has 0 aliphatic carbocycles. The molecule has 0 N–H and O–H groups in total. The predicted octanol–water partition coefficient (Wildman–Crippen LogP) is 4.13. The van der Waals surface area contributed by atoms with Gasteiger partial charge in [0.2, 0.25) is 5.91 Å². The number of rotatable bonds is 4. The molecular formula is C21H20F3N3O2. The summed E-state index contributed by atoms with van der Waals surface area (Å²) in [7, 11) is 0. The molecule has 0 bridgehead atoms. The van der Waals surface area contributed by atoms with E-state index in [9.17, 15) is 18.0 Å². The fourth-order valence-corrected chi connectivity index (χ4v) is 3.49. The number of carbonyl (C=O) groups is 1. The number of anilines is 1. The van der Waals surface area contributed by atoms with E-state index < -0.39 is 11.7 Å². The van der Waals surface area contributed by atoms with Crippen LogP contribution >= 0.6 is 0 Å². The zero-order chi connectivity index (χ0) is 20.4. The zero-order valence-corrected chi connectivity index (χ0v) is 15.7. The summed E-state index contributed by atoms with van der Waals surface area (Å²) in [6, 6.07) is 12.7. The van der Waals surface area contributed by atoms with Gasteiger partial charge in [0.1, 0.15) is 5.52 Å². The van der Waals surface area contributed by atoms with Gasteiger partial charge in [0.15, 0.2) is 11.5 Å². The Morgan fingerprint density at radius 3 is 2.52 bits per heavy atom. The topological polar surface area (TPSA) is 49.6 Å². The Kier molecular flexibility index (Phi) is 5.17. The smallest absolute Gasteiger partial charge is 0.416 e. The van der Waals surface area contributed by atoms with Gasteiger partial charge in [-0.15, -0.1) is 0 Å². The van der Waals surface area contributed by atoms with E-state index in [4.69, 9.17) is 4.42 Å². The number of piperazine rings is 1. The normalized spacial score (nSPS) is 15.1. The van der Waals surface area contributed by atoms with E-state index in [0.717, 1.165) is 17.6 Å². The average molecular weight is 403 g/mol. The molecule has 2 heterocycles. The van der Waals surface area contributed by atoms with Crippen LogP contribution in [-0.2, 0) is 17.4 Å². The Morgan fingerprint density at radius 1 is 1.03 bits per heavy atom. The lowest BCUT2D eigenvalue weighted by Crippen LogP contribution is -2.48. The van der Waals surface area contributed by atoms with Gasteiger partial charge in [-0.2, -0.15) is 13.2 Å². The van der Waals surface area contributed by atoms with Crippen LogP contribution < -0.4 is 4.90 Å². The molecule has 1 aliphatic heterocycles. The number of para-hydroxylation sites is 2. The molecule has 0 saturated carbocycles. The maximum atomic E-state index is 12.9. The van der Waals surface area contributed by atoms with Crippen molar-refractivity contribution in [3.63, 3.8) is 0 Å². The van der Waals surface area contributed by atoms with Crippen LogP contribution in [0.3, 0.4) is 0 Å². The molecule has 0 atom stereocenters. The van der Waals surface area contributed by atoms with Crippen molar-refractivity contribution >= 4 is 22.7 Å². The molecule has 1 aliphatic rings. The maximum Gasteiger partial charge on any atom is 0.416 e.